The zero-order valence-electron chi connectivity index (χ0n) is 25.9. The van der Waals surface area contributed by atoms with Crippen molar-refractivity contribution in [3.63, 3.8) is 0 Å². The second kappa shape index (κ2) is 16.4. The summed E-state index contributed by atoms with van der Waals surface area (Å²) in [6.07, 6.45) is 7.81. The van der Waals surface area contributed by atoms with Crippen LogP contribution < -0.4 is 32.0 Å². The quantitative estimate of drug-likeness (QED) is 0.0837. The molecule has 2 fully saturated rings. The van der Waals surface area contributed by atoms with Crippen LogP contribution in [0.2, 0.25) is 0 Å². The molecule has 0 atom stereocenters. The van der Waals surface area contributed by atoms with Crippen molar-refractivity contribution in [2.75, 3.05) is 64.8 Å². The molecule has 236 valence electrons. The lowest BCUT2D eigenvalue weighted by Gasteiger charge is -2.23. The van der Waals surface area contributed by atoms with E-state index in [2.05, 4.69) is 27.0 Å². The molecule has 1 saturated heterocycles. The molecule has 1 amide bonds. The van der Waals surface area contributed by atoms with Crippen LogP contribution in [0.4, 0.5) is 5.69 Å². The van der Waals surface area contributed by atoms with Crippen LogP contribution in [0.1, 0.15) is 67.8 Å². The average molecular weight is 594 g/mol. The van der Waals surface area contributed by atoms with Crippen LogP contribution in [0.5, 0.6) is 11.5 Å². The SMILES string of the molecule is CCCN(CCCOc1ccc(CN=C(N)N)cc1)CCCOc1cc(N)ccc1C(=O)NCC1(CN2CCCC2)CC1. The third-order valence-corrected chi connectivity index (χ3v) is 8.26. The number of amides is 1. The lowest BCUT2D eigenvalue weighted by molar-refractivity contribution is 0.0935. The fraction of sp³-hybridized carbons (Fsp3) is 0.576. The van der Waals surface area contributed by atoms with Gasteiger partial charge in [0.2, 0.25) is 0 Å². The molecule has 43 heavy (non-hydrogen) atoms. The number of ether oxygens (including phenoxy) is 2. The number of anilines is 1. The van der Waals surface area contributed by atoms with Crippen molar-refractivity contribution >= 4 is 17.6 Å². The smallest absolute Gasteiger partial charge is 0.255 e. The molecule has 0 aromatic heterocycles. The van der Waals surface area contributed by atoms with E-state index in [1.54, 1.807) is 18.2 Å². The van der Waals surface area contributed by atoms with Gasteiger partial charge in [-0.15, -0.1) is 0 Å². The maximum Gasteiger partial charge on any atom is 0.255 e. The number of hydrogen-bond acceptors (Lipinski definition) is 7. The predicted octanol–water partition coefficient (Wildman–Crippen LogP) is 3.60. The molecule has 7 N–H and O–H groups in total. The van der Waals surface area contributed by atoms with Crippen molar-refractivity contribution in [2.24, 2.45) is 21.9 Å². The number of carbonyl (C=O) groups is 1. The van der Waals surface area contributed by atoms with Gasteiger partial charge in [-0.25, -0.2) is 4.99 Å². The molecule has 2 aliphatic rings. The Bertz CT molecular complexity index is 1170. The number of likely N-dealkylation sites (tertiary alicyclic amines) is 1. The Hall–Kier alpha value is -3.50. The molecule has 4 rings (SSSR count). The molecule has 0 spiro atoms. The highest BCUT2D eigenvalue weighted by molar-refractivity contribution is 5.97. The fourth-order valence-electron chi connectivity index (χ4n) is 5.67. The predicted molar refractivity (Wildman–Crippen MR) is 173 cm³/mol. The number of nitrogens with one attached hydrogen (secondary N) is 1. The third kappa shape index (κ3) is 10.9. The zero-order chi connectivity index (χ0) is 30.5. The van der Waals surface area contributed by atoms with Gasteiger partial charge in [-0.1, -0.05) is 19.1 Å². The molecule has 1 heterocycles. The molecule has 1 saturated carbocycles. The van der Waals surface area contributed by atoms with Crippen molar-refractivity contribution in [2.45, 2.75) is 58.4 Å². The van der Waals surface area contributed by atoms with Gasteiger partial charge in [0.1, 0.15) is 11.5 Å². The number of nitrogen functional groups attached to an aromatic ring is 1. The van der Waals surface area contributed by atoms with Crippen molar-refractivity contribution in [3.05, 3.63) is 53.6 Å². The Balaban J connectivity index is 1.17. The summed E-state index contributed by atoms with van der Waals surface area (Å²) in [4.78, 5) is 22.2. The van der Waals surface area contributed by atoms with Crippen LogP contribution >= 0.6 is 0 Å². The molecule has 2 aromatic carbocycles. The van der Waals surface area contributed by atoms with Gasteiger partial charge in [-0.3, -0.25) is 4.79 Å². The Kier molecular flexibility index (Phi) is 12.3. The first-order valence-corrected chi connectivity index (χ1v) is 15.9. The molecule has 0 radical (unpaired) electrons. The Morgan fingerprint density at radius 3 is 2.35 bits per heavy atom. The zero-order valence-corrected chi connectivity index (χ0v) is 25.9. The van der Waals surface area contributed by atoms with Gasteiger partial charge in [0, 0.05) is 43.3 Å². The molecule has 1 aliphatic heterocycles. The standard InChI is InChI=1S/C33H51N7O3/c1-2-15-39(18-5-20-42-28-10-7-26(8-11-28)23-37-32(35)36)19-6-21-43-30-22-27(34)9-12-29(30)31(41)38-24-33(13-14-33)25-40-16-3-4-17-40/h7-12,22H,2-6,13-21,23-25,34H2,1H3,(H,38,41)(H4,35,36,37). The van der Waals surface area contributed by atoms with Gasteiger partial charge in [0.25, 0.3) is 5.91 Å². The fourth-order valence-corrected chi connectivity index (χ4v) is 5.67. The van der Waals surface area contributed by atoms with Crippen molar-refractivity contribution in [1.29, 1.82) is 0 Å². The van der Waals surface area contributed by atoms with E-state index in [1.165, 1.54) is 38.8 Å². The number of guanidine groups is 1. The van der Waals surface area contributed by atoms with Crippen LogP contribution in [0.15, 0.2) is 47.5 Å². The van der Waals surface area contributed by atoms with Crippen LogP contribution in [0.3, 0.4) is 0 Å². The van der Waals surface area contributed by atoms with E-state index < -0.39 is 0 Å². The number of aliphatic imine (C=N–C) groups is 1. The first-order chi connectivity index (χ1) is 20.9. The summed E-state index contributed by atoms with van der Waals surface area (Å²) in [6, 6.07) is 13.1. The van der Waals surface area contributed by atoms with Crippen LogP contribution in [-0.4, -0.2) is 80.7 Å². The lowest BCUT2D eigenvalue weighted by atomic mass is 10.1. The van der Waals surface area contributed by atoms with E-state index in [-0.39, 0.29) is 17.3 Å². The lowest BCUT2D eigenvalue weighted by Crippen LogP contribution is -2.37. The van der Waals surface area contributed by atoms with E-state index >= 15 is 0 Å². The van der Waals surface area contributed by atoms with Crippen LogP contribution in [0.25, 0.3) is 0 Å². The van der Waals surface area contributed by atoms with E-state index in [4.69, 9.17) is 26.7 Å². The summed E-state index contributed by atoms with van der Waals surface area (Å²) in [5, 5.41) is 3.19. The van der Waals surface area contributed by atoms with Crippen molar-refractivity contribution in [1.82, 2.24) is 15.1 Å². The Morgan fingerprint density at radius 1 is 1.00 bits per heavy atom. The molecule has 0 bridgehead atoms. The summed E-state index contributed by atoms with van der Waals surface area (Å²) < 4.78 is 12.1. The Morgan fingerprint density at radius 2 is 1.70 bits per heavy atom. The number of nitrogens with two attached hydrogens (primary N) is 3. The summed E-state index contributed by atoms with van der Waals surface area (Å²) >= 11 is 0. The van der Waals surface area contributed by atoms with Gasteiger partial charge in [-0.05, 0) is 94.4 Å². The minimum atomic E-state index is -0.0845. The highest BCUT2D eigenvalue weighted by Crippen LogP contribution is 2.46. The number of benzene rings is 2. The summed E-state index contributed by atoms with van der Waals surface area (Å²) in [5.41, 5.74) is 19.3. The maximum atomic E-state index is 13.2. The highest BCUT2D eigenvalue weighted by Gasteiger charge is 2.44. The number of nitrogens with zero attached hydrogens (tertiary/aromatic N) is 3. The van der Waals surface area contributed by atoms with Gasteiger partial charge in [0.05, 0.1) is 25.3 Å². The largest absolute Gasteiger partial charge is 0.494 e. The molecular formula is C33H51N7O3. The topological polar surface area (TPSA) is 144 Å². The third-order valence-electron chi connectivity index (χ3n) is 8.26. The van der Waals surface area contributed by atoms with E-state index in [9.17, 15) is 4.79 Å². The van der Waals surface area contributed by atoms with E-state index in [1.807, 2.05) is 24.3 Å². The first kappa shape index (κ1) is 32.4. The summed E-state index contributed by atoms with van der Waals surface area (Å²) in [6.45, 7) is 10.9. The molecule has 10 nitrogen and oxygen atoms in total. The van der Waals surface area contributed by atoms with E-state index in [0.29, 0.717) is 43.3 Å². The van der Waals surface area contributed by atoms with Crippen molar-refractivity contribution in [3.8, 4) is 11.5 Å². The number of hydrogen-bond donors (Lipinski definition) is 4. The van der Waals surface area contributed by atoms with Gasteiger partial charge >= 0.3 is 0 Å². The molecular weight excluding hydrogens is 542 g/mol. The number of carbonyl (C=O) groups excluding carboxylic acids is 1. The van der Waals surface area contributed by atoms with Crippen molar-refractivity contribution < 1.29 is 14.3 Å². The first-order valence-electron chi connectivity index (χ1n) is 15.9. The minimum Gasteiger partial charge on any atom is -0.494 e. The second-order valence-electron chi connectivity index (χ2n) is 12.1. The average Bonchev–Trinajstić information content (AvgIpc) is 3.57. The highest BCUT2D eigenvalue weighted by atomic mass is 16.5. The number of rotatable bonds is 19. The van der Waals surface area contributed by atoms with Crippen LogP contribution in [0, 0.1) is 5.41 Å². The minimum absolute atomic E-state index is 0.0845. The molecule has 0 unspecified atom stereocenters. The molecule has 2 aromatic rings. The molecule has 10 heteroatoms. The second-order valence-corrected chi connectivity index (χ2v) is 12.1. The van der Waals surface area contributed by atoms with E-state index in [0.717, 1.165) is 56.8 Å². The monoisotopic (exact) mass is 593 g/mol. The van der Waals surface area contributed by atoms with Gasteiger partial charge in [0.15, 0.2) is 5.96 Å². The molecule has 1 aliphatic carbocycles. The Labute approximate surface area is 257 Å². The van der Waals surface area contributed by atoms with Gasteiger partial charge in [-0.2, -0.15) is 0 Å². The van der Waals surface area contributed by atoms with Gasteiger partial charge < -0.3 is 41.8 Å². The summed E-state index contributed by atoms with van der Waals surface area (Å²) in [5.74, 6) is 1.40. The maximum absolute atomic E-state index is 13.2. The summed E-state index contributed by atoms with van der Waals surface area (Å²) in [7, 11) is 0. The van der Waals surface area contributed by atoms with Crippen LogP contribution in [-0.2, 0) is 6.54 Å². The normalized spacial score (nSPS) is 15.8.